The van der Waals surface area contributed by atoms with Crippen molar-refractivity contribution in [1.29, 1.82) is 0 Å². The topological polar surface area (TPSA) is 79.2 Å². The first-order chi connectivity index (χ1) is 6.29. The molecule has 0 aliphatic carbocycles. The Bertz CT molecular complexity index is 349. The summed E-state index contributed by atoms with van der Waals surface area (Å²) in [6.45, 7) is 0. The van der Waals surface area contributed by atoms with Crippen LogP contribution in [0, 0.1) is 0 Å². The molecule has 0 saturated heterocycles. The summed E-state index contributed by atoms with van der Waals surface area (Å²) >= 11 is 0. The van der Waals surface area contributed by atoms with Crippen molar-refractivity contribution in [3.63, 3.8) is 0 Å². The van der Waals surface area contributed by atoms with Gasteiger partial charge >= 0.3 is 6.09 Å². The Balaban J connectivity index is 2.29. The summed E-state index contributed by atoms with van der Waals surface area (Å²) in [5.74, 6) is 0. The van der Waals surface area contributed by atoms with E-state index in [0.717, 1.165) is 4.57 Å². The van der Waals surface area contributed by atoms with E-state index < -0.39 is 6.09 Å². The lowest BCUT2D eigenvalue weighted by molar-refractivity contribution is 0.194. The quantitative estimate of drug-likeness (QED) is 0.570. The van der Waals surface area contributed by atoms with Crippen molar-refractivity contribution in [2.75, 3.05) is 0 Å². The highest BCUT2D eigenvalue weighted by Gasteiger charge is 2.18. The van der Waals surface area contributed by atoms with Gasteiger partial charge in [0.05, 0.1) is 11.9 Å². The zero-order valence-electron chi connectivity index (χ0n) is 6.64. The van der Waals surface area contributed by atoms with Crippen molar-refractivity contribution in [3.05, 3.63) is 30.6 Å². The van der Waals surface area contributed by atoms with Gasteiger partial charge in [0.2, 0.25) is 0 Å². The first-order valence-electron chi connectivity index (χ1n) is 3.71. The Morgan fingerprint density at radius 1 is 1.54 bits per heavy atom. The van der Waals surface area contributed by atoms with E-state index in [9.17, 15) is 4.79 Å². The number of hydrogen-bond acceptors (Lipinski definition) is 4. The van der Waals surface area contributed by atoms with E-state index in [2.05, 4.69) is 15.6 Å². The molecular weight excluding hydrogens is 172 g/mol. The number of hydrogen-bond donors (Lipinski definition) is 3. The van der Waals surface area contributed by atoms with E-state index in [1.165, 1.54) is 12.5 Å². The van der Waals surface area contributed by atoms with Crippen molar-refractivity contribution in [2.24, 2.45) is 0 Å². The summed E-state index contributed by atoms with van der Waals surface area (Å²) in [7, 11) is 0. The number of nitrogens with one attached hydrogen (secondary N) is 2. The third-order valence-corrected chi connectivity index (χ3v) is 1.78. The lowest BCUT2D eigenvalue weighted by Crippen LogP contribution is -2.25. The van der Waals surface area contributed by atoms with Gasteiger partial charge in [-0.15, -0.1) is 0 Å². The molecule has 0 spiro atoms. The molecular formula is C7H8N4O2. The van der Waals surface area contributed by atoms with Gasteiger partial charge in [-0.25, -0.2) is 14.3 Å². The van der Waals surface area contributed by atoms with Crippen LogP contribution < -0.4 is 10.6 Å². The lowest BCUT2D eigenvalue weighted by atomic mass is 10.4. The standard InChI is InChI=1S/C7H8N4O2/c12-7(13)11-4-8-3-5(11)6-9-1-2-10-6/h1-4,6,9-10H,(H,12,13). The molecule has 0 atom stereocenters. The van der Waals surface area contributed by atoms with Crippen molar-refractivity contribution in [3.8, 4) is 0 Å². The van der Waals surface area contributed by atoms with Gasteiger partial charge in [0.1, 0.15) is 12.5 Å². The van der Waals surface area contributed by atoms with E-state index in [1.807, 2.05) is 0 Å². The van der Waals surface area contributed by atoms with Crippen LogP contribution in [0.25, 0.3) is 0 Å². The zero-order chi connectivity index (χ0) is 9.26. The second-order valence-corrected chi connectivity index (χ2v) is 2.57. The first-order valence-corrected chi connectivity index (χ1v) is 3.71. The molecule has 3 N–H and O–H groups in total. The molecule has 0 bridgehead atoms. The van der Waals surface area contributed by atoms with Gasteiger partial charge in [0, 0.05) is 12.4 Å². The van der Waals surface area contributed by atoms with Crippen LogP contribution in [0.15, 0.2) is 24.9 Å². The Hall–Kier alpha value is -1.98. The molecule has 0 aromatic carbocycles. The van der Waals surface area contributed by atoms with Crippen LogP contribution in [0.3, 0.4) is 0 Å². The lowest BCUT2D eigenvalue weighted by Gasteiger charge is -2.11. The average Bonchev–Trinajstić information content (AvgIpc) is 2.74. The van der Waals surface area contributed by atoms with E-state index in [-0.39, 0.29) is 6.17 Å². The van der Waals surface area contributed by atoms with Gasteiger partial charge in [0.25, 0.3) is 0 Å². The fourth-order valence-corrected chi connectivity index (χ4v) is 1.19. The number of aromatic nitrogens is 2. The minimum absolute atomic E-state index is 0.210. The predicted octanol–water partition coefficient (Wildman–Crippen LogP) is 0.0718. The van der Waals surface area contributed by atoms with Crippen LogP contribution in [0.2, 0.25) is 0 Å². The average molecular weight is 180 g/mol. The number of carbonyl (C=O) groups is 1. The number of carboxylic acid groups (broad SMARTS) is 1. The summed E-state index contributed by atoms with van der Waals surface area (Å²) in [6, 6.07) is 0. The maximum absolute atomic E-state index is 10.7. The van der Waals surface area contributed by atoms with Crippen molar-refractivity contribution in [1.82, 2.24) is 20.2 Å². The normalized spacial score (nSPS) is 15.4. The molecule has 0 saturated carbocycles. The largest absolute Gasteiger partial charge is 0.464 e. The molecule has 2 heterocycles. The number of rotatable bonds is 1. The highest BCUT2D eigenvalue weighted by atomic mass is 16.4. The molecule has 0 unspecified atom stereocenters. The van der Waals surface area contributed by atoms with Crippen molar-refractivity contribution < 1.29 is 9.90 Å². The van der Waals surface area contributed by atoms with Gasteiger partial charge in [-0.05, 0) is 0 Å². The predicted molar refractivity (Wildman–Crippen MR) is 43.8 cm³/mol. The SMILES string of the molecule is O=C(O)n1cncc1C1NC=CN1. The van der Waals surface area contributed by atoms with Crippen LogP contribution in [-0.4, -0.2) is 20.8 Å². The first kappa shape index (κ1) is 7.66. The number of imidazole rings is 1. The maximum Gasteiger partial charge on any atom is 0.417 e. The molecule has 1 aromatic rings. The summed E-state index contributed by atoms with van der Waals surface area (Å²) in [6.07, 6.45) is 4.94. The van der Waals surface area contributed by atoms with E-state index in [4.69, 9.17) is 5.11 Å². The van der Waals surface area contributed by atoms with Crippen LogP contribution in [0.5, 0.6) is 0 Å². The fraction of sp³-hybridized carbons (Fsp3) is 0.143. The van der Waals surface area contributed by atoms with Crippen LogP contribution in [0.4, 0.5) is 4.79 Å². The smallest absolute Gasteiger partial charge is 0.417 e. The summed E-state index contributed by atoms with van der Waals surface area (Å²) < 4.78 is 1.07. The van der Waals surface area contributed by atoms with Gasteiger partial charge in [-0.1, -0.05) is 0 Å². The number of nitrogens with zero attached hydrogens (tertiary/aromatic N) is 2. The molecule has 1 aliphatic heterocycles. The summed E-state index contributed by atoms with van der Waals surface area (Å²) in [4.78, 5) is 14.4. The molecule has 1 aliphatic rings. The van der Waals surface area contributed by atoms with E-state index >= 15 is 0 Å². The van der Waals surface area contributed by atoms with E-state index in [0.29, 0.717) is 5.69 Å². The summed E-state index contributed by atoms with van der Waals surface area (Å²) in [5.41, 5.74) is 0.567. The third kappa shape index (κ3) is 1.22. The Kier molecular flexibility index (Phi) is 1.66. The minimum atomic E-state index is -1.04. The molecule has 0 fully saturated rings. The molecule has 1 aromatic heterocycles. The Morgan fingerprint density at radius 3 is 2.85 bits per heavy atom. The molecule has 0 amide bonds. The van der Waals surface area contributed by atoms with Crippen molar-refractivity contribution >= 4 is 6.09 Å². The maximum atomic E-state index is 10.7. The Labute approximate surface area is 73.9 Å². The van der Waals surface area contributed by atoms with Gasteiger partial charge in [0.15, 0.2) is 0 Å². The Morgan fingerprint density at radius 2 is 2.23 bits per heavy atom. The summed E-state index contributed by atoms with van der Waals surface area (Å²) in [5, 5.41) is 14.6. The highest BCUT2D eigenvalue weighted by Crippen LogP contribution is 2.11. The fourth-order valence-electron chi connectivity index (χ4n) is 1.19. The third-order valence-electron chi connectivity index (χ3n) is 1.78. The van der Waals surface area contributed by atoms with Crippen LogP contribution in [-0.2, 0) is 0 Å². The van der Waals surface area contributed by atoms with Gasteiger partial charge in [-0.3, -0.25) is 0 Å². The van der Waals surface area contributed by atoms with Crippen LogP contribution >= 0.6 is 0 Å². The molecule has 6 heteroatoms. The second kappa shape index (κ2) is 2.81. The van der Waals surface area contributed by atoms with E-state index in [1.54, 1.807) is 12.4 Å². The van der Waals surface area contributed by atoms with Crippen molar-refractivity contribution in [2.45, 2.75) is 6.17 Å². The van der Waals surface area contributed by atoms with Gasteiger partial charge < -0.3 is 15.7 Å². The minimum Gasteiger partial charge on any atom is -0.464 e. The molecule has 68 valence electrons. The molecule has 13 heavy (non-hydrogen) atoms. The second-order valence-electron chi connectivity index (χ2n) is 2.57. The zero-order valence-corrected chi connectivity index (χ0v) is 6.64. The monoisotopic (exact) mass is 180 g/mol. The highest BCUT2D eigenvalue weighted by molar-refractivity contribution is 5.68. The van der Waals surface area contributed by atoms with Gasteiger partial charge in [-0.2, -0.15) is 0 Å². The molecule has 2 rings (SSSR count). The van der Waals surface area contributed by atoms with Crippen LogP contribution in [0.1, 0.15) is 11.9 Å². The molecule has 6 nitrogen and oxygen atoms in total. The molecule has 0 radical (unpaired) electrons.